The second-order valence-corrected chi connectivity index (χ2v) is 6.29. The Labute approximate surface area is 113 Å². The molecule has 0 spiro atoms. The van der Waals surface area contributed by atoms with Gasteiger partial charge in [0.15, 0.2) is 0 Å². The third-order valence-corrected chi connectivity index (χ3v) is 4.27. The summed E-state index contributed by atoms with van der Waals surface area (Å²) in [6, 6.07) is 6.56. The number of benzene rings is 1. The minimum absolute atomic E-state index is 0.0178. The molecule has 2 rings (SSSR count). The number of ether oxygens (including phenoxy) is 2. The highest BCUT2D eigenvalue weighted by Crippen LogP contribution is 2.17. The SMILES string of the molecule is Cc1ccc(S(=O)(=O)OC[C@H]2C[C@@H](C)OCO2)cc1. The van der Waals surface area contributed by atoms with E-state index in [2.05, 4.69) is 0 Å². The van der Waals surface area contributed by atoms with Crippen molar-refractivity contribution in [3.63, 3.8) is 0 Å². The minimum atomic E-state index is -3.71. The van der Waals surface area contributed by atoms with Gasteiger partial charge in [-0.2, -0.15) is 8.42 Å². The first-order valence-electron chi connectivity index (χ1n) is 6.17. The van der Waals surface area contributed by atoms with Gasteiger partial charge in [-0.05, 0) is 26.0 Å². The first kappa shape index (κ1) is 14.5. The summed E-state index contributed by atoms with van der Waals surface area (Å²) in [5.74, 6) is 0. The van der Waals surface area contributed by atoms with Gasteiger partial charge >= 0.3 is 0 Å². The van der Waals surface area contributed by atoms with Crippen LogP contribution < -0.4 is 0 Å². The van der Waals surface area contributed by atoms with E-state index in [1.165, 1.54) is 12.1 Å². The molecule has 0 saturated carbocycles. The van der Waals surface area contributed by atoms with Crippen molar-refractivity contribution in [2.75, 3.05) is 13.4 Å². The van der Waals surface area contributed by atoms with Crippen LogP contribution in [0.3, 0.4) is 0 Å². The van der Waals surface area contributed by atoms with E-state index in [1.807, 2.05) is 13.8 Å². The first-order valence-corrected chi connectivity index (χ1v) is 7.57. The molecule has 1 aliphatic heterocycles. The molecule has 0 N–H and O–H groups in total. The van der Waals surface area contributed by atoms with E-state index in [1.54, 1.807) is 12.1 Å². The van der Waals surface area contributed by atoms with Crippen LogP contribution in [0.15, 0.2) is 29.2 Å². The maximum atomic E-state index is 12.0. The van der Waals surface area contributed by atoms with E-state index in [4.69, 9.17) is 13.7 Å². The second-order valence-electron chi connectivity index (χ2n) is 4.67. The molecule has 0 unspecified atom stereocenters. The molecule has 6 heteroatoms. The first-order chi connectivity index (χ1) is 8.97. The van der Waals surface area contributed by atoms with Gasteiger partial charge in [-0.3, -0.25) is 4.18 Å². The Morgan fingerprint density at radius 1 is 1.26 bits per heavy atom. The summed E-state index contributed by atoms with van der Waals surface area (Å²) in [5.41, 5.74) is 1.00. The Morgan fingerprint density at radius 3 is 2.58 bits per heavy atom. The van der Waals surface area contributed by atoms with Gasteiger partial charge in [0, 0.05) is 6.42 Å². The fourth-order valence-electron chi connectivity index (χ4n) is 1.81. The summed E-state index contributed by atoms with van der Waals surface area (Å²) in [5, 5.41) is 0. The van der Waals surface area contributed by atoms with Crippen LogP contribution in [-0.2, 0) is 23.8 Å². The van der Waals surface area contributed by atoms with Crippen molar-refractivity contribution in [3.05, 3.63) is 29.8 Å². The monoisotopic (exact) mass is 286 g/mol. The summed E-state index contributed by atoms with van der Waals surface area (Å²) >= 11 is 0. The Balaban J connectivity index is 1.96. The molecule has 19 heavy (non-hydrogen) atoms. The van der Waals surface area contributed by atoms with Crippen molar-refractivity contribution < 1.29 is 22.1 Å². The molecule has 1 saturated heterocycles. The van der Waals surface area contributed by atoms with Crippen LogP contribution in [0.4, 0.5) is 0 Å². The largest absolute Gasteiger partial charge is 0.352 e. The molecular formula is C13H18O5S. The van der Waals surface area contributed by atoms with E-state index in [-0.39, 0.29) is 30.5 Å². The fraction of sp³-hybridized carbons (Fsp3) is 0.538. The molecule has 1 aromatic rings. The van der Waals surface area contributed by atoms with E-state index in [0.29, 0.717) is 6.42 Å². The standard InChI is InChI=1S/C13H18O5S/c1-10-3-5-13(6-4-10)19(14,15)18-8-12-7-11(2)16-9-17-12/h3-6,11-12H,7-9H2,1-2H3/t11-,12-/m1/s1. The smallest absolute Gasteiger partial charge is 0.297 e. The molecular weight excluding hydrogens is 268 g/mol. The van der Waals surface area contributed by atoms with Gasteiger partial charge in [0.05, 0.1) is 23.7 Å². The average molecular weight is 286 g/mol. The van der Waals surface area contributed by atoms with E-state index in [9.17, 15) is 8.42 Å². The number of hydrogen-bond acceptors (Lipinski definition) is 5. The second kappa shape index (κ2) is 6.00. The zero-order valence-corrected chi connectivity index (χ0v) is 11.9. The lowest BCUT2D eigenvalue weighted by molar-refractivity contribution is -0.176. The highest BCUT2D eigenvalue weighted by Gasteiger charge is 2.23. The number of aryl methyl sites for hydroxylation is 1. The van der Waals surface area contributed by atoms with Crippen molar-refractivity contribution in [2.45, 2.75) is 37.4 Å². The molecule has 1 heterocycles. The van der Waals surface area contributed by atoms with Crippen molar-refractivity contribution >= 4 is 10.1 Å². The Morgan fingerprint density at radius 2 is 1.95 bits per heavy atom. The van der Waals surface area contributed by atoms with Gasteiger partial charge < -0.3 is 9.47 Å². The van der Waals surface area contributed by atoms with E-state index in [0.717, 1.165) is 5.56 Å². The topological polar surface area (TPSA) is 61.8 Å². The van der Waals surface area contributed by atoms with Gasteiger partial charge in [-0.1, -0.05) is 17.7 Å². The molecule has 2 atom stereocenters. The number of rotatable bonds is 4. The van der Waals surface area contributed by atoms with Crippen LogP contribution in [0.5, 0.6) is 0 Å². The summed E-state index contributed by atoms with van der Waals surface area (Å²) in [6.07, 6.45) is 0.442. The van der Waals surface area contributed by atoms with Gasteiger partial charge in [0.1, 0.15) is 6.79 Å². The summed E-state index contributed by atoms with van der Waals surface area (Å²) < 4.78 is 39.4. The van der Waals surface area contributed by atoms with Gasteiger partial charge in [0.25, 0.3) is 10.1 Å². The highest BCUT2D eigenvalue weighted by atomic mass is 32.2. The van der Waals surface area contributed by atoms with Crippen molar-refractivity contribution in [3.8, 4) is 0 Å². The van der Waals surface area contributed by atoms with Gasteiger partial charge in [0.2, 0.25) is 0 Å². The van der Waals surface area contributed by atoms with Crippen LogP contribution in [0.25, 0.3) is 0 Å². The molecule has 0 aromatic heterocycles. The van der Waals surface area contributed by atoms with Gasteiger partial charge in [-0.15, -0.1) is 0 Å². The predicted molar refractivity (Wildman–Crippen MR) is 69.2 cm³/mol. The van der Waals surface area contributed by atoms with Crippen LogP contribution >= 0.6 is 0 Å². The minimum Gasteiger partial charge on any atom is -0.352 e. The summed E-state index contributed by atoms with van der Waals surface area (Å²) in [7, 11) is -3.71. The molecule has 5 nitrogen and oxygen atoms in total. The lowest BCUT2D eigenvalue weighted by Gasteiger charge is -2.27. The van der Waals surface area contributed by atoms with Crippen LogP contribution in [-0.4, -0.2) is 34.0 Å². The molecule has 1 aromatic carbocycles. The van der Waals surface area contributed by atoms with Crippen molar-refractivity contribution in [1.29, 1.82) is 0 Å². The third kappa shape index (κ3) is 4.01. The maximum absolute atomic E-state index is 12.0. The quantitative estimate of drug-likeness (QED) is 0.790. The summed E-state index contributed by atoms with van der Waals surface area (Å²) in [4.78, 5) is 0.165. The van der Waals surface area contributed by atoms with E-state index < -0.39 is 10.1 Å². The zero-order chi connectivity index (χ0) is 13.9. The van der Waals surface area contributed by atoms with Crippen LogP contribution in [0, 0.1) is 6.92 Å². The predicted octanol–water partition coefficient (Wildman–Crippen LogP) is 1.85. The lowest BCUT2D eigenvalue weighted by atomic mass is 10.2. The van der Waals surface area contributed by atoms with E-state index >= 15 is 0 Å². The maximum Gasteiger partial charge on any atom is 0.297 e. The highest BCUT2D eigenvalue weighted by molar-refractivity contribution is 7.86. The molecule has 1 aliphatic rings. The van der Waals surface area contributed by atoms with Crippen LogP contribution in [0.2, 0.25) is 0 Å². The molecule has 0 amide bonds. The molecule has 0 radical (unpaired) electrons. The molecule has 1 fully saturated rings. The Bertz CT molecular complexity index is 508. The lowest BCUT2D eigenvalue weighted by Crippen LogP contribution is -2.33. The Hall–Kier alpha value is -0.950. The molecule has 106 valence electrons. The Kier molecular flexibility index (Phi) is 4.57. The number of hydrogen-bond donors (Lipinski definition) is 0. The third-order valence-electron chi connectivity index (χ3n) is 2.97. The molecule has 0 aliphatic carbocycles. The zero-order valence-electron chi connectivity index (χ0n) is 11.0. The van der Waals surface area contributed by atoms with Gasteiger partial charge in [-0.25, -0.2) is 0 Å². The molecule has 0 bridgehead atoms. The normalized spacial score (nSPS) is 24.3. The van der Waals surface area contributed by atoms with Crippen LogP contribution in [0.1, 0.15) is 18.9 Å². The average Bonchev–Trinajstić information content (AvgIpc) is 2.37. The van der Waals surface area contributed by atoms with Crippen molar-refractivity contribution in [2.24, 2.45) is 0 Å². The summed E-state index contributed by atoms with van der Waals surface area (Å²) in [6.45, 7) is 4.02. The fourth-order valence-corrected chi connectivity index (χ4v) is 2.75. The van der Waals surface area contributed by atoms with Crippen molar-refractivity contribution in [1.82, 2.24) is 0 Å².